The van der Waals surface area contributed by atoms with Crippen molar-refractivity contribution in [2.24, 2.45) is 7.05 Å². The predicted octanol–water partition coefficient (Wildman–Crippen LogP) is 1.04. The summed E-state index contributed by atoms with van der Waals surface area (Å²) in [5.74, 6) is 1.74. The van der Waals surface area contributed by atoms with Gasteiger partial charge in [0.1, 0.15) is 17.3 Å². The molecular weight excluding hydrogens is 396 g/mol. The van der Waals surface area contributed by atoms with E-state index in [9.17, 15) is 13.2 Å². The van der Waals surface area contributed by atoms with Gasteiger partial charge in [0.15, 0.2) is 11.6 Å². The van der Waals surface area contributed by atoms with Gasteiger partial charge in [-0.25, -0.2) is 13.4 Å². The fraction of sp³-hybridized carbons (Fsp3) is 0.474. The molecule has 29 heavy (non-hydrogen) atoms. The highest BCUT2D eigenvalue weighted by Crippen LogP contribution is 2.19. The molecule has 2 heterocycles. The molecule has 2 aromatic rings. The summed E-state index contributed by atoms with van der Waals surface area (Å²) in [5, 5.41) is 0.0418. The summed E-state index contributed by atoms with van der Waals surface area (Å²) < 4.78 is 39.4. The number of ether oxygens (including phenoxy) is 2. The number of benzene rings is 1. The zero-order valence-electron chi connectivity index (χ0n) is 16.9. The molecule has 1 aliphatic heterocycles. The van der Waals surface area contributed by atoms with E-state index in [2.05, 4.69) is 4.98 Å². The highest BCUT2D eigenvalue weighted by molar-refractivity contribution is 7.89. The summed E-state index contributed by atoms with van der Waals surface area (Å²) in [4.78, 5) is 18.3. The molecule has 3 rings (SSSR count). The lowest BCUT2D eigenvalue weighted by molar-refractivity contribution is -0.133. The molecule has 0 bridgehead atoms. The van der Waals surface area contributed by atoms with Crippen molar-refractivity contribution in [1.29, 1.82) is 0 Å². The van der Waals surface area contributed by atoms with E-state index in [1.54, 1.807) is 54.8 Å². The van der Waals surface area contributed by atoms with Gasteiger partial charge in [0.25, 0.3) is 15.9 Å². The molecular formula is C19H26N4O5S. The zero-order chi connectivity index (χ0) is 21.0. The molecule has 0 spiro atoms. The van der Waals surface area contributed by atoms with E-state index >= 15 is 0 Å². The van der Waals surface area contributed by atoms with E-state index in [-0.39, 0.29) is 24.1 Å². The van der Waals surface area contributed by atoms with Gasteiger partial charge in [0.05, 0.1) is 7.11 Å². The maximum atomic E-state index is 12.9. The minimum atomic E-state index is -3.68. The van der Waals surface area contributed by atoms with Gasteiger partial charge in [-0.15, -0.1) is 0 Å². The Morgan fingerprint density at radius 2 is 1.79 bits per heavy atom. The first-order valence-corrected chi connectivity index (χ1v) is 10.8. The van der Waals surface area contributed by atoms with E-state index in [1.807, 2.05) is 0 Å². The standard InChI is InChI=1S/C19H26N4O5S/c1-15-20-18(13-21(15)2)29(25,26)23-10-4-9-22(11-12-23)19(24)14-28-17-7-5-16(27-3)6-8-17/h5-8,13H,4,9-12,14H2,1-3H3. The average molecular weight is 423 g/mol. The van der Waals surface area contributed by atoms with Crippen LogP contribution >= 0.6 is 0 Å². The third kappa shape index (κ3) is 4.88. The van der Waals surface area contributed by atoms with Gasteiger partial charge in [0.2, 0.25) is 0 Å². The Bertz CT molecular complexity index is 936. The number of rotatable bonds is 6. The highest BCUT2D eigenvalue weighted by Gasteiger charge is 2.30. The monoisotopic (exact) mass is 422 g/mol. The SMILES string of the molecule is COc1ccc(OCC(=O)N2CCCN(S(=O)(=O)c3cn(C)c(C)n3)CC2)cc1. The molecule has 9 nitrogen and oxygen atoms in total. The minimum absolute atomic E-state index is 0.0418. The van der Waals surface area contributed by atoms with E-state index < -0.39 is 10.0 Å². The third-order valence-electron chi connectivity index (χ3n) is 4.92. The largest absolute Gasteiger partial charge is 0.497 e. The molecule has 1 amide bonds. The van der Waals surface area contributed by atoms with Gasteiger partial charge in [-0.2, -0.15) is 4.31 Å². The number of aromatic nitrogens is 2. The number of amides is 1. The highest BCUT2D eigenvalue weighted by atomic mass is 32.2. The molecule has 0 saturated carbocycles. The van der Waals surface area contributed by atoms with Crippen molar-refractivity contribution >= 4 is 15.9 Å². The summed E-state index contributed by atoms with van der Waals surface area (Å²) in [5.41, 5.74) is 0. The van der Waals surface area contributed by atoms with E-state index in [1.165, 1.54) is 10.5 Å². The number of carbonyl (C=O) groups excluding carboxylic acids is 1. The van der Waals surface area contributed by atoms with Crippen LogP contribution in [0.25, 0.3) is 0 Å². The Labute approximate surface area is 170 Å². The molecule has 0 N–H and O–H groups in total. The van der Waals surface area contributed by atoms with Crippen LogP contribution in [-0.4, -0.2) is 73.0 Å². The number of imidazole rings is 1. The van der Waals surface area contributed by atoms with Gasteiger partial charge in [0, 0.05) is 39.4 Å². The van der Waals surface area contributed by atoms with Crippen molar-refractivity contribution in [3.63, 3.8) is 0 Å². The lowest BCUT2D eigenvalue weighted by atomic mass is 10.3. The van der Waals surface area contributed by atoms with Crippen LogP contribution in [0.15, 0.2) is 35.5 Å². The number of hydrogen-bond donors (Lipinski definition) is 0. The quantitative estimate of drug-likeness (QED) is 0.691. The summed E-state index contributed by atoms with van der Waals surface area (Å²) in [6.45, 7) is 3.03. The molecule has 1 aromatic carbocycles. The molecule has 0 aliphatic carbocycles. The summed E-state index contributed by atoms with van der Waals surface area (Å²) in [6, 6.07) is 6.98. The second-order valence-electron chi connectivity index (χ2n) is 6.84. The van der Waals surface area contributed by atoms with Crippen molar-refractivity contribution in [2.75, 3.05) is 39.9 Å². The van der Waals surface area contributed by atoms with E-state index in [0.29, 0.717) is 43.4 Å². The fourth-order valence-corrected chi connectivity index (χ4v) is 4.57. The predicted molar refractivity (Wildman–Crippen MR) is 106 cm³/mol. The number of sulfonamides is 1. The maximum Gasteiger partial charge on any atom is 0.262 e. The normalized spacial score (nSPS) is 15.8. The number of carbonyl (C=O) groups is 1. The van der Waals surface area contributed by atoms with Gasteiger partial charge in [-0.05, 0) is 37.6 Å². The topological polar surface area (TPSA) is 94.0 Å². The van der Waals surface area contributed by atoms with Crippen molar-refractivity contribution in [2.45, 2.75) is 18.4 Å². The number of aryl methyl sites for hydroxylation is 2. The van der Waals surface area contributed by atoms with Crippen molar-refractivity contribution < 1.29 is 22.7 Å². The molecule has 158 valence electrons. The number of methoxy groups -OCH3 is 1. The number of nitrogens with zero attached hydrogens (tertiary/aromatic N) is 4. The average Bonchev–Trinajstić information content (AvgIpc) is 2.92. The minimum Gasteiger partial charge on any atom is -0.497 e. The van der Waals surface area contributed by atoms with Crippen LogP contribution in [0.3, 0.4) is 0 Å². The van der Waals surface area contributed by atoms with Gasteiger partial charge in [-0.3, -0.25) is 4.79 Å². The van der Waals surface area contributed by atoms with Crippen molar-refractivity contribution in [3.05, 3.63) is 36.3 Å². The molecule has 0 atom stereocenters. The van der Waals surface area contributed by atoms with Crippen LogP contribution in [0.2, 0.25) is 0 Å². The lowest BCUT2D eigenvalue weighted by Gasteiger charge is -2.21. The zero-order valence-corrected chi connectivity index (χ0v) is 17.7. The van der Waals surface area contributed by atoms with E-state index in [0.717, 1.165) is 0 Å². The Morgan fingerprint density at radius 1 is 1.10 bits per heavy atom. The molecule has 0 radical (unpaired) electrons. The first-order chi connectivity index (χ1) is 13.8. The Balaban J connectivity index is 1.57. The molecule has 1 aliphatic rings. The van der Waals surface area contributed by atoms with Crippen LogP contribution in [0.5, 0.6) is 11.5 Å². The molecule has 10 heteroatoms. The molecule has 1 aromatic heterocycles. The lowest BCUT2D eigenvalue weighted by Crippen LogP contribution is -2.39. The van der Waals surface area contributed by atoms with Crippen LogP contribution in [0.4, 0.5) is 0 Å². The Kier molecular flexibility index (Phi) is 6.43. The van der Waals surface area contributed by atoms with Gasteiger partial charge < -0.3 is 18.9 Å². The van der Waals surface area contributed by atoms with Crippen molar-refractivity contribution in [3.8, 4) is 11.5 Å². The second-order valence-corrected chi connectivity index (χ2v) is 8.72. The smallest absolute Gasteiger partial charge is 0.262 e. The summed E-state index contributed by atoms with van der Waals surface area (Å²) in [7, 11) is -0.340. The third-order valence-corrected chi connectivity index (χ3v) is 6.69. The molecule has 1 fully saturated rings. The van der Waals surface area contributed by atoms with Crippen LogP contribution < -0.4 is 9.47 Å². The van der Waals surface area contributed by atoms with Crippen molar-refractivity contribution in [1.82, 2.24) is 18.8 Å². The second kappa shape index (κ2) is 8.83. The van der Waals surface area contributed by atoms with Gasteiger partial charge in [-0.1, -0.05) is 0 Å². The van der Waals surface area contributed by atoms with Crippen LogP contribution in [0, 0.1) is 6.92 Å². The number of hydrogen-bond acceptors (Lipinski definition) is 6. The first kappa shape index (κ1) is 21.1. The van der Waals surface area contributed by atoms with Gasteiger partial charge >= 0.3 is 0 Å². The summed E-state index contributed by atoms with van der Waals surface area (Å²) >= 11 is 0. The van der Waals surface area contributed by atoms with E-state index in [4.69, 9.17) is 9.47 Å². The van der Waals surface area contributed by atoms with Crippen LogP contribution in [-0.2, 0) is 21.9 Å². The Morgan fingerprint density at radius 3 is 2.41 bits per heavy atom. The van der Waals surface area contributed by atoms with Crippen LogP contribution in [0.1, 0.15) is 12.2 Å². The fourth-order valence-electron chi connectivity index (χ4n) is 3.07. The summed E-state index contributed by atoms with van der Waals surface area (Å²) in [6.07, 6.45) is 2.07. The maximum absolute atomic E-state index is 12.9. The molecule has 0 unspecified atom stereocenters. The molecule has 1 saturated heterocycles. The Hall–Kier alpha value is -2.59. The first-order valence-electron chi connectivity index (χ1n) is 9.36.